The largest absolute Gasteiger partial charge is 1.00 e. The molecule has 2 aromatic rings. The molecule has 6 unspecified atom stereocenters. The highest BCUT2D eigenvalue weighted by atomic mass is 35.5. The Morgan fingerprint density at radius 1 is 1.02 bits per heavy atom. The number of ether oxygens (including phenoxy) is 5. The Morgan fingerprint density at radius 3 is 2.30 bits per heavy atom. The fraction of sp³-hybridized carbons (Fsp3) is 0.528. The number of nitrogens with two attached hydrogens (primary N) is 1. The lowest BCUT2D eigenvalue weighted by atomic mass is 9.72. The van der Waals surface area contributed by atoms with Gasteiger partial charge in [0.25, 0.3) is 0 Å². The molecule has 0 spiro atoms. The van der Waals surface area contributed by atoms with Gasteiger partial charge in [-0.15, -0.1) is 0 Å². The molecule has 6 atom stereocenters. The summed E-state index contributed by atoms with van der Waals surface area (Å²) in [6.45, 7) is 3.50. The predicted molar refractivity (Wildman–Crippen MR) is 176 cm³/mol. The molecule has 0 saturated carbocycles. The highest BCUT2D eigenvalue weighted by molar-refractivity contribution is 6.31. The van der Waals surface area contributed by atoms with Crippen molar-refractivity contribution < 1.29 is 90.9 Å². The number of aliphatic hydroxyl groups excluding tert-OH is 2. The normalized spacial score (nSPS) is 24.7. The van der Waals surface area contributed by atoms with E-state index in [0.29, 0.717) is 19.4 Å². The number of hydrogen-bond acceptors (Lipinski definition) is 15. The van der Waals surface area contributed by atoms with Gasteiger partial charge in [-0.3, -0.25) is 24.0 Å². The monoisotopic (exact) mass is 765 g/mol. The minimum absolute atomic E-state index is 0. The number of methoxy groups -OCH3 is 1. The number of aromatic hydroxyl groups is 2. The zero-order chi connectivity index (χ0) is 38.1. The van der Waals surface area contributed by atoms with Gasteiger partial charge in [-0.2, -0.15) is 0 Å². The van der Waals surface area contributed by atoms with Crippen molar-refractivity contribution >= 4 is 29.3 Å². The Kier molecular flexibility index (Phi) is 13.3. The minimum Gasteiger partial charge on any atom is -1.00 e. The topological polar surface area (TPSA) is 249 Å². The molecule has 0 amide bonds. The van der Waals surface area contributed by atoms with Crippen LogP contribution in [0.15, 0.2) is 18.2 Å². The number of ketones is 3. The molecule has 2 aliphatic carbocycles. The lowest BCUT2D eigenvalue weighted by molar-refractivity contribution is -0.704. The Morgan fingerprint density at radius 2 is 1.68 bits per heavy atom. The molecule has 2 aromatic carbocycles. The number of quaternary nitrogens is 1. The van der Waals surface area contributed by atoms with Crippen LogP contribution in [-0.4, -0.2) is 112 Å². The standard InChI is InChI=1S/C36H43NO15.ClH/c1-16-31(42)21(37-11-6-5-10-25(50-17(2)39)51-18(3)40)12-26(49-16)52-23-14-36(47,24(41)15-38)13-20-28(23)35(46)30-29(33(20)44)32(43)19-8-7-9-22(48-4)27(19)34(30)45;/h7-9,16,21,23,25-26,31,37-38,42,44,46-47H,5-6,10-15H2,1-4H3;1H. The predicted octanol–water partition coefficient (Wildman–Crippen LogP) is -2.77. The second-order valence-corrected chi connectivity index (χ2v) is 13.3. The summed E-state index contributed by atoms with van der Waals surface area (Å²) >= 11 is 0. The van der Waals surface area contributed by atoms with Crippen molar-refractivity contribution in [1.82, 2.24) is 0 Å². The molecule has 7 N–H and O–H groups in total. The molecule has 3 aliphatic rings. The lowest BCUT2D eigenvalue weighted by Gasteiger charge is -2.42. The molecule has 0 radical (unpaired) electrons. The SMILES string of the molecule is COc1cccc2c1C(=O)c1c(O)c3c(c(O)c1C2=O)CC(O)(C(=O)CO)CC3OC1CC([NH2+]CCCCC(OC(C)=O)OC(C)=O)C(O)C(C)O1.[Cl-]. The number of fused-ring (bicyclic) bond motifs is 3. The maximum absolute atomic E-state index is 13.9. The summed E-state index contributed by atoms with van der Waals surface area (Å²) < 4.78 is 27.6. The van der Waals surface area contributed by atoms with Crippen LogP contribution < -0.4 is 22.5 Å². The number of esters is 2. The van der Waals surface area contributed by atoms with Crippen LogP contribution in [0.4, 0.5) is 0 Å². The van der Waals surface area contributed by atoms with Gasteiger partial charge in [0.05, 0.1) is 49.0 Å². The summed E-state index contributed by atoms with van der Waals surface area (Å²) in [5, 5.41) is 57.3. The van der Waals surface area contributed by atoms with Crippen molar-refractivity contribution in [3.8, 4) is 17.2 Å². The number of benzene rings is 2. The third-order valence-corrected chi connectivity index (χ3v) is 9.76. The average molecular weight is 766 g/mol. The third-order valence-electron chi connectivity index (χ3n) is 9.76. The van der Waals surface area contributed by atoms with Gasteiger partial charge in [0.1, 0.15) is 41.6 Å². The molecule has 1 heterocycles. The van der Waals surface area contributed by atoms with Crippen LogP contribution in [0.25, 0.3) is 0 Å². The number of unbranched alkanes of at least 4 members (excludes halogenated alkanes) is 1. The molecule has 5 rings (SSSR count). The van der Waals surface area contributed by atoms with E-state index in [9.17, 15) is 49.5 Å². The fourth-order valence-corrected chi connectivity index (χ4v) is 7.29. The van der Waals surface area contributed by atoms with Crippen LogP contribution in [0.3, 0.4) is 0 Å². The number of rotatable bonds is 13. The van der Waals surface area contributed by atoms with Crippen molar-refractivity contribution in [2.24, 2.45) is 0 Å². The van der Waals surface area contributed by atoms with Gasteiger partial charge in [-0.25, -0.2) is 0 Å². The van der Waals surface area contributed by atoms with Gasteiger partial charge in [-0.05, 0) is 25.8 Å². The highest BCUT2D eigenvalue weighted by Gasteiger charge is 2.50. The number of carbonyl (C=O) groups is 5. The van der Waals surface area contributed by atoms with Crippen molar-refractivity contribution in [3.05, 3.63) is 51.6 Å². The maximum atomic E-state index is 13.9. The van der Waals surface area contributed by atoms with Crippen LogP contribution in [0, 0.1) is 0 Å². The first-order valence-corrected chi connectivity index (χ1v) is 17.0. The molecule has 290 valence electrons. The zero-order valence-electron chi connectivity index (χ0n) is 29.6. The van der Waals surface area contributed by atoms with Crippen molar-refractivity contribution in [2.45, 2.75) is 102 Å². The van der Waals surface area contributed by atoms with E-state index in [2.05, 4.69) is 0 Å². The van der Waals surface area contributed by atoms with Gasteiger partial charge >= 0.3 is 11.9 Å². The summed E-state index contributed by atoms with van der Waals surface area (Å²) in [4.78, 5) is 63.2. The number of aliphatic hydroxyl groups is 3. The Labute approximate surface area is 310 Å². The van der Waals surface area contributed by atoms with Gasteiger partial charge in [0, 0.05) is 49.8 Å². The molecule has 1 saturated heterocycles. The minimum atomic E-state index is -2.30. The van der Waals surface area contributed by atoms with E-state index in [-0.39, 0.29) is 53.3 Å². The maximum Gasteiger partial charge on any atom is 0.305 e. The van der Waals surface area contributed by atoms with E-state index in [1.807, 2.05) is 5.32 Å². The molecule has 16 nitrogen and oxygen atoms in total. The number of hydrogen-bond donors (Lipinski definition) is 6. The third kappa shape index (κ3) is 8.33. The Bertz CT molecular complexity index is 1750. The van der Waals surface area contributed by atoms with E-state index >= 15 is 0 Å². The van der Waals surface area contributed by atoms with Crippen LogP contribution in [0.1, 0.15) is 102 Å². The zero-order valence-corrected chi connectivity index (χ0v) is 30.4. The van der Waals surface area contributed by atoms with Crippen molar-refractivity contribution in [1.29, 1.82) is 0 Å². The molecule has 17 heteroatoms. The van der Waals surface area contributed by atoms with E-state index in [1.165, 1.54) is 39.2 Å². The Balaban J connectivity index is 0.00000627. The summed E-state index contributed by atoms with van der Waals surface area (Å²) in [6.07, 6.45) is -4.82. The summed E-state index contributed by atoms with van der Waals surface area (Å²) in [5.74, 6) is -5.09. The molecule has 0 aromatic heterocycles. The van der Waals surface area contributed by atoms with Crippen LogP contribution in [-0.2, 0) is 39.8 Å². The average Bonchev–Trinajstić information content (AvgIpc) is 3.08. The van der Waals surface area contributed by atoms with Crippen LogP contribution in [0.2, 0.25) is 0 Å². The summed E-state index contributed by atoms with van der Waals surface area (Å²) in [6, 6.07) is 3.87. The molecule has 0 bridgehead atoms. The van der Waals surface area contributed by atoms with Gasteiger partial charge in [-0.1, -0.05) is 12.1 Å². The molecular formula is C36H44ClNO15. The second-order valence-electron chi connectivity index (χ2n) is 13.3. The number of Topliss-reactive ketones (excluding diaryl/α,β-unsaturated/α-hetero) is 1. The van der Waals surface area contributed by atoms with E-state index < -0.39 is 114 Å². The summed E-state index contributed by atoms with van der Waals surface area (Å²) in [5.41, 5.74) is -3.82. The van der Waals surface area contributed by atoms with Gasteiger partial charge in [0.2, 0.25) is 12.1 Å². The smallest absolute Gasteiger partial charge is 0.305 e. The molecule has 1 aliphatic heterocycles. The first-order valence-electron chi connectivity index (χ1n) is 17.0. The Hall–Kier alpha value is -4.16. The van der Waals surface area contributed by atoms with E-state index in [4.69, 9.17) is 23.7 Å². The van der Waals surface area contributed by atoms with Crippen molar-refractivity contribution in [3.63, 3.8) is 0 Å². The lowest BCUT2D eigenvalue weighted by Crippen LogP contribution is -3.00. The second kappa shape index (κ2) is 16.9. The summed E-state index contributed by atoms with van der Waals surface area (Å²) in [7, 11) is 1.32. The first kappa shape index (κ1) is 41.6. The van der Waals surface area contributed by atoms with Crippen molar-refractivity contribution in [2.75, 3.05) is 20.3 Å². The van der Waals surface area contributed by atoms with Crippen LogP contribution >= 0.6 is 0 Å². The quantitative estimate of drug-likeness (QED) is 0.0446. The first-order chi connectivity index (χ1) is 24.6. The van der Waals surface area contributed by atoms with E-state index in [0.717, 1.165) is 0 Å². The fourth-order valence-electron chi connectivity index (χ4n) is 7.29. The van der Waals surface area contributed by atoms with Gasteiger partial charge in [0.15, 0.2) is 17.9 Å². The highest BCUT2D eigenvalue weighted by Crippen LogP contribution is 2.52. The molecule has 53 heavy (non-hydrogen) atoms. The number of phenolic OH excluding ortho intramolecular Hbond substituents is 2. The number of carbonyl (C=O) groups excluding carboxylic acids is 5. The van der Waals surface area contributed by atoms with E-state index in [1.54, 1.807) is 6.92 Å². The number of phenols is 2. The molecule has 1 fully saturated rings. The van der Waals surface area contributed by atoms with Gasteiger partial charge < -0.3 is 66.9 Å². The van der Waals surface area contributed by atoms with Crippen LogP contribution in [0.5, 0.6) is 17.2 Å². The number of halogens is 1. The molecular weight excluding hydrogens is 722 g/mol.